The molecule has 30 heavy (non-hydrogen) atoms. The molecule has 158 valence electrons. The average molecular weight is 413 g/mol. The van der Waals surface area contributed by atoms with Crippen LogP contribution in [0.4, 0.5) is 4.39 Å². The molecule has 0 aromatic heterocycles. The molecule has 2 aromatic rings. The zero-order valence-electron chi connectivity index (χ0n) is 17.0. The number of methoxy groups -OCH3 is 1. The first kappa shape index (κ1) is 21.6. The third-order valence-electron chi connectivity index (χ3n) is 5.39. The average Bonchev–Trinajstić information content (AvgIpc) is 2.78. The third kappa shape index (κ3) is 4.91. The van der Waals surface area contributed by atoms with Gasteiger partial charge in [-0.15, -0.1) is 5.06 Å². The van der Waals surface area contributed by atoms with Crippen molar-refractivity contribution >= 4 is 17.7 Å². The first-order valence-electron chi connectivity index (χ1n) is 9.84. The molecule has 0 radical (unpaired) electrons. The maximum absolute atomic E-state index is 14.0. The monoisotopic (exact) mass is 413 g/mol. The molecule has 0 amide bonds. The van der Waals surface area contributed by atoms with Gasteiger partial charge in [0.1, 0.15) is 11.6 Å². The summed E-state index contributed by atoms with van der Waals surface area (Å²) in [6, 6.07) is 12.4. The van der Waals surface area contributed by atoms with Crippen LogP contribution in [-0.2, 0) is 14.4 Å². The molecule has 1 aliphatic heterocycles. The normalized spacial score (nSPS) is 16.0. The number of Topliss-reactive ketones (excluding diaryl/α,β-unsaturated/α-hetero) is 1. The summed E-state index contributed by atoms with van der Waals surface area (Å²) in [7, 11) is 1.27. The van der Waals surface area contributed by atoms with Crippen LogP contribution < -0.4 is 0 Å². The molecule has 1 atom stereocenters. The standard InChI is InChI=1S/C23H24FNO5/c1-15(19-8-3-4-9-20(19)24)21(26)16-10-12-25(13-11-16)30-23(28)18-7-5-6-17(14-18)22(27)29-2/h3-9,14-16H,10-13H2,1-2H3. The van der Waals surface area contributed by atoms with Crippen molar-refractivity contribution in [1.29, 1.82) is 0 Å². The lowest BCUT2D eigenvalue weighted by atomic mass is 9.83. The Bertz CT molecular complexity index is 937. The number of rotatable bonds is 6. The summed E-state index contributed by atoms with van der Waals surface area (Å²) in [5.74, 6) is -2.22. The van der Waals surface area contributed by atoms with E-state index in [2.05, 4.69) is 4.74 Å². The van der Waals surface area contributed by atoms with E-state index in [1.165, 1.54) is 24.3 Å². The van der Waals surface area contributed by atoms with Gasteiger partial charge in [-0.1, -0.05) is 31.2 Å². The fourth-order valence-electron chi connectivity index (χ4n) is 3.63. The second-order valence-electron chi connectivity index (χ2n) is 7.30. The minimum absolute atomic E-state index is 0.00291. The number of ketones is 1. The number of esters is 1. The number of piperidine rings is 1. The van der Waals surface area contributed by atoms with Crippen LogP contribution in [0.5, 0.6) is 0 Å². The topological polar surface area (TPSA) is 72.9 Å². The van der Waals surface area contributed by atoms with Crippen molar-refractivity contribution < 1.29 is 28.3 Å². The number of carbonyl (C=O) groups excluding carboxylic acids is 3. The van der Waals surface area contributed by atoms with Crippen molar-refractivity contribution in [1.82, 2.24) is 5.06 Å². The van der Waals surface area contributed by atoms with Gasteiger partial charge in [0.05, 0.1) is 18.2 Å². The number of ether oxygens (including phenoxy) is 1. The van der Waals surface area contributed by atoms with E-state index >= 15 is 0 Å². The molecule has 1 fully saturated rings. The summed E-state index contributed by atoms with van der Waals surface area (Å²) in [5, 5.41) is 1.52. The molecule has 2 aromatic carbocycles. The van der Waals surface area contributed by atoms with E-state index in [-0.39, 0.29) is 28.6 Å². The predicted octanol–water partition coefficient (Wildman–Crippen LogP) is 3.77. The fourth-order valence-corrected chi connectivity index (χ4v) is 3.63. The van der Waals surface area contributed by atoms with Gasteiger partial charge in [-0.05, 0) is 42.7 Å². The highest BCUT2D eigenvalue weighted by Crippen LogP contribution is 2.28. The molecule has 7 heteroatoms. The van der Waals surface area contributed by atoms with Crippen LogP contribution in [-0.4, -0.2) is 43.0 Å². The van der Waals surface area contributed by atoms with Crippen LogP contribution in [0.25, 0.3) is 0 Å². The number of benzene rings is 2. The van der Waals surface area contributed by atoms with E-state index in [9.17, 15) is 18.8 Å². The van der Waals surface area contributed by atoms with Crippen molar-refractivity contribution in [3.63, 3.8) is 0 Å². The van der Waals surface area contributed by atoms with Gasteiger partial charge >= 0.3 is 11.9 Å². The lowest BCUT2D eigenvalue weighted by Crippen LogP contribution is -2.38. The van der Waals surface area contributed by atoms with Crippen LogP contribution in [0.3, 0.4) is 0 Å². The molecular weight excluding hydrogens is 389 g/mol. The maximum Gasteiger partial charge on any atom is 0.357 e. The Labute approximate surface area is 174 Å². The molecule has 0 aliphatic carbocycles. The summed E-state index contributed by atoms with van der Waals surface area (Å²) in [6.45, 7) is 2.53. The van der Waals surface area contributed by atoms with Gasteiger partial charge in [0.2, 0.25) is 0 Å². The maximum atomic E-state index is 14.0. The number of hydroxylamine groups is 2. The molecule has 0 spiro atoms. The SMILES string of the molecule is COC(=O)c1cccc(C(=O)ON2CCC(C(=O)C(C)c3ccccc3F)CC2)c1. The Kier molecular flexibility index (Phi) is 6.95. The van der Waals surface area contributed by atoms with Crippen molar-refractivity contribution in [2.75, 3.05) is 20.2 Å². The van der Waals surface area contributed by atoms with Gasteiger partial charge in [0.25, 0.3) is 0 Å². The highest BCUT2D eigenvalue weighted by Gasteiger charge is 2.31. The van der Waals surface area contributed by atoms with E-state index in [1.807, 2.05) is 0 Å². The molecular formula is C23H24FNO5. The summed E-state index contributed by atoms with van der Waals surface area (Å²) in [5.41, 5.74) is 0.907. The summed E-state index contributed by atoms with van der Waals surface area (Å²) in [6.07, 6.45) is 1.04. The summed E-state index contributed by atoms with van der Waals surface area (Å²) >= 11 is 0. The molecule has 0 bridgehead atoms. The van der Waals surface area contributed by atoms with Crippen LogP contribution in [0.2, 0.25) is 0 Å². The van der Waals surface area contributed by atoms with E-state index in [0.717, 1.165) is 0 Å². The number of carbonyl (C=O) groups is 3. The fraction of sp³-hybridized carbons (Fsp3) is 0.348. The highest BCUT2D eigenvalue weighted by molar-refractivity contribution is 5.95. The predicted molar refractivity (Wildman–Crippen MR) is 107 cm³/mol. The van der Waals surface area contributed by atoms with Crippen molar-refractivity contribution in [2.45, 2.75) is 25.7 Å². The first-order valence-corrected chi connectivity index (χ1v) is 9.84. The van der Waals surface area contributed by atoms with Crippen LogP contribution in [0.1, 0.15) is 52.0 Å². The molecule has 0 N–H and O–H groups in total. The van der Waals surface area contributed by atoms with Crippen molar-refractivity contribution in [2.24, 2.45) is 5.92 Å². The van der Waals surface area contributed by atoms with Crippen molar-refractivity contribution in [3.8, 4) is 0 Å². The molecule has 1 heterocycles. The number of halogens is 1. The van der Waals surface area contributed by atoms with Crippen molar-refractivity contribution in [3.05, 3.63) is 71.0 Å². The van der Waals surface area contributed by atoms with Crippen LogP contribution in [0.15, 0.2) is 48.5 Å². The number of hydrogen-bond acceptors (Lipinski definition) is 6. The summed E-state index contributed by atoms with van der Waals surface area (Å²) < 4.78 is 18.6. The van der Waals surface area contributed by atoms with E-state index in [1.54, 1.807) is 43.3 Å². The molecule has 1 aliphatic rings. The third-order valence-corrected chi connectivity index (χ3v) is 5.39. The van der Waals surface area contributed by atoms with Gasteiger partial charge in [-0.25, -0.2) is 14.0 Å². The van der Waals surface area contributed by atoms with Gasteiger partial charge in [0, 0.05) is 24.9 Å². The van der Waals surface area contributed by atoms with Crippen LogP contribution in [0, 0.1) is 11.7 Å². The Morgan fingerprint density at radius 3 is 2.27 bits per heavy atom. The molecule has 6 nitrogen and oxygen atoms in total. The smallest absolute Gasteiger partial charge is 0.357 e. The Morgan fingerprint density at radius 2 is 1.63 bits per heavy atom. The molecule has 0 saturated carbocycles. The highest BCUT2D eigenvalue weighted by atomic mass is 19.1. The van der Waals surface area contributed by atoms with E-state index < -0.39 is 17.9 Å². The van der Waals surface area contributed by atoms with E-state index in [0.29, 0.717) is 31.5 Å². The number of hydrogen-bond donors (Lipinski definition) is 0. The lowest BCUT2D eigenvalue weighted by molar-refractivity contribution is -0.139. The first-order chi connectivity index (χ1) is 14.4. The lowest BCUT2D eigenvalue weighted by Gasteiger charge is -2.31. The van der Waals surface area contributed by atoms with Crippen LogP contribution >= 0.6 is 0 Å². The van der Waals surface area contributed by atoms with Gasteiger partial charge in [-0.2, -0.15) is 0 Å². The largest absolute Gasteiger partial charge is 0.465 e. The summed E-state index contributed by atoms with van der Waals surface area (Å²) in [4.78, 5) is 42.2. The Hall–Kier alpha value is -3.06. The Morgan fingerprint density at radius 1 is 1.00 bits per heavy atom. The van der Waals surface area contributed by atoms with Gasteiger partial charge in [0.15, 0.2) is 0 Å². The molecule has 3 rings (SSSR count). The second kappa shape index (κ2) is 9.63. The zero-order valence-corrected chi connectivity index (χ0v) is 17.0. The zero-order chi connectivity index (χ0) is 21.7. The molecule has 1 unspecified atom stereocenters. The van der Waals surface area contributed by atoms with Gasteiger partial charge < -0.3 is 9.57 Å². The van der Waals surface area contributed by atoms with Gasteiger partial charge in [-0.3, -0.25) is 4.79 Å². The quantitative estimate of drug-likeness (QED) is 0.672. The number of nitrogens with zero attached hydrogens (tertiary/aromatic N) is 1. The second-order valence-corrected chi connectivity index (χ2v) is 7.30. The minimum Gasteiger partial charge on any atom is -0.465 e. The minimum atomic E-state index is -0.578. The molecule has 1 saturated heterocycles. The Balaban J connectivity index is 1.55. The van der Waals surface area contributed by atoms with E-state index in [4.69, 9.17) is 4.84 Å².